The molecule has 0 atom stereocenters. The first kappa shape index (κ1) is 16.3. The topological polar surface area (TPSA) is 59.5 Å². The van der Waals surface area contributed by atoms with Crippen LogP contribution in [0.2, 0.25) is 0 Å². The zero-order chi connectivity index (χ0) is 16.4. The number of carbonyl (C=O) groups is 2. The van der Waals surface area contributed by atoms with Crippen molar-refractivity contribution in [3.05, 3.63) is 24.5 Å². The Morgan fingerprint density at radius 3 is 2.27 bits per heavy atom. The van der Waals surface area contributed by atoms with Crippen molar-refractivity contribution in [3.8, 4) is 0 Å². The van der Waals surface area contributed by atoms with Gasteiger partial charge in [0.2, 0.25) is 0 Å². The molecule has 0 aliphatic carbocycles. The van der Waals surface area contributed by atoms with Gasteiger partial charge in [-0.3, -0.25) is 9.78 Å². The molecule has 1 saturated heterocycles. The lowest BCUT2D eigenvalue weighted by Crippen LogP contribution is -2.45. The van der Waals surface area contributed by atoms with E-state index in [0.29, 0.717) is 25.9 Å². The smallest absolute Gasteiger partial charge is 0.386 e. The van der Waals surface area contributed by atoms with Crippen molar-refractivity contribution < 1.29 is 27.5 Å². The van der Waals surface area contributed by atoms with Gasteiger partial charge in [0.15, 0.2) is 0 Å². The number of piperidine rings is 1. The van der Waals surface area contributed by atoms with Crippen LogP contribution in [0.4, 0.5) is 18.9 Å². The van der Waals surface area contributed by atoms with E-state index < -0.39 is 23.5 Å². The fourth-order valence-electron chi connectivity index (χ4n) is 2.28. The third-order valence-electron chi connectivity index (χ3n) is 3.80. The van der Waals surface area contributed by atoms with Crippen LogP contribution in [-0.2, 0) is 14.3 Å². The number of esters is 2. The Balaban J connectivity index is 1.97. The van der Waals surface area contributed by atoms with E-state index in [9.17, 15) is 22.8 Å². The van der Waals surface area contributed by atoms with E-state index in [0.717, 1.165) is 5.69 Å². The molecule has 2 heterocycles. The maximum absolute atomic E-state index is 12.1. The zero-order valence-corrected chi connectivity index (χ0v) is 11.9. The minimum Gasteiger partial charge on any atom is -0.386 e. The predicted octanol–water partition coefficient (Wildman–Crippen LogP) is 2.32. The molecule has 0 aromatic carbocycles. The van der Waals surface area contributed by atoms with Gasteiger partial charge < -0.3 is 9.64 Å². The van der Waals surface area contributed by atoms with Crippen LogP contribution >= 0.6 is 0 Å². The highest BCUT2D eigenvalue weighted by atomic mass is 19.4. The number of aromatic nitrogens is 1. The summed E-state index contributed by atoms with van der Waals surface area (Å²) < 4.78 is 40.4. The molecule has 0 spiro atoms. The van der Waals surface area contributed by atoms with E-state index in [4.69, 9.17) is 0 Å². The molecular formula is C14H15F3N2O3. The third-order valence-corrected chi connectivity index (χ3v) is 3.80. The Kier molecular flexibility index (Phi) is 4.39. The molecular weight excluding hydrogens is 301 g/mol. The van der Waals surface area contributed by atoms with Crippen molar-refractivity contribution >= 4 is 17.6 Å². The number of anilines is 1. The van der Waals surface area contributed by atoms with Crippen LogP contribution in [0.1, 0.15) is 19.8 Å². The van der Waals surface area contributed by atoms with Crippen molar-refractivity contribution in [1.29, 1.82) is 0 Å². The van der Waals surface area contributed by atoms with Crippen molar-refractivity contribution in [2.45, 2.75) is 25.9 Å². The summed E-state index contributed by atoms with van der Waals surface area (Å²) in [5.74, 6) is -3.58. The summed E-state index contributed by atoms with van der Waals surface area (Å²) in [6, 6.07) is 3.63. The fraction of sp³-hybridized carbons (Fsp3) is 0.500. The van der Waals surface area contributed by atoms with Crippen LogP contribution < -0.4 is 4.90 Å². The Labute approximate surface area is 125 Å². The molecule has 1 aromatic heterocycles. The average molecular weight is 316 g/mol. The standard InChI is InChI=1S/C14H15F3N2O3/c1-13(11(20)22-12(21)14(15,16)17)4-8-19(9-5-13)10-2-6-18-7-3-10/h2-3,6-7H,4-5,8-9H2,1H3. The molecule has 2 rings (SSSR count). The molecule has 0 bridgehead atoms. The van der Waals surface area contributed by atoms with Crippen LogP contribution in [0, 0.1) is 5.41 Å². The Bertz CT molecular complexity index is 552. The molecule has 0 amide bonds. The summed E-state index contributed by atoms with van der Waals surface area (Å²) in [5.41, 5.74) is -0.165. The SMILES string of the molecule is CC1(C(=O)OC(=O)C(F)(F)F)CCN(c2ccncc2)CC1. The lowest BCUT2D eigenvalue weighted by atomic mass is 9.80. The van der Waals surface area contributed by atoms with E-state index in [1.165, 1.54) is 6.92 Å². The summed E-state index contributed by atoms with van der Waals surface area (Å²) >= 11 is 0. The predicted molar refractivity (Wildman–Crippen MR) is 70.9 cm³/mol. The Morgan fingerprint density at radius 1 is 1.23 bits per heavy atom. The number of hydrogen-bond donors (Lipinski definition) is 0. The Hall–Kier alpha value is -2.12. The minimum atomic E-state index is -5.16. The van der Waals surface area contributed by atoms with E-state index in [-0.39, 0.29) is 0 Å². The van der Waals surface area contributed by atoms with Gasteiger partial charge in [0.1, 0.15) is 0 Å². The van der Waals surface area contributed by atoms with E-state index in [1.807, 2.05) is 17.0 Å². The van der Waals surface area contributed by atoms with Crippen LogP contribution in [0.5, 0.6) is 0 Å². The minimum absolute atomic E-state index is 0.305. The maximum atomic E-state index is 12.1. The second kappa shape index (κ2) is 5.94. The average Bonchev–Trinajstić information content (AvgIpc) is 2.48. The monoisotopic (exact) mass is 316 g/mol. The molecule has 5 nitrogen and oxygen atoms in total. The zero-order valence-electron chi connectivity index (χ0n) is 11.9. The largest absolute Gasteiger partial charge is 0.491 e. The van der Waals surface area contributed by atoms with Gasteiger partial charge in [0, 0.05) is 31.2 Å². The molecule has 1 aliphatic rings. The molecule has 0 saturated carbocycles. The van der Waals surface area contributed by atoms with E-state index in [2.05, 4.69) is 9.72 Å². The molecule has 1 aromatic rings. The number of rotatable bonds is 2. The highest BCUT2D eigenvalue weighted by molar-refractivity contribution is 5.91. The third kappa shape index (κ3) is 3.55. The molecule has 0 N–H and O–H groups in total. The van der Waals surface area contributed by atoms with Crippen molar-refractivity contribution in [1.82, 2.24) is 4.98 Å². The number of halogens is 3. The molecule has 1 aliphatic heterocycles. The van der Waals surface area contributed by atoms with Gasteiger partial charge >= 0.3 is 18.1 Å². The van der Waals surface area contributed by atoms with Gasteiger partial charge in [-0.2, -0.15) is 13.2 Å². The van der Waals surface area contributed by atoms with Crippen molar-refractivity contribution in [3.63, 3.8) is 0 Å². The highest BCUT2D eigenvalue weighted by Crippen LogP contribution is 2.34. The summed E-state index contributed by atoms with van der Waals surface area (Å²) in [7, 11) is 0. The van der Waals surface area contributed by atoms with E-state index in [1.54, 1.807) is 12.4 Å². The van der Waals surface area contributed by atoms with Crippen LogP contribution in [-0.4, -0.2) is 36.2 Å². The summed E-state index contributed by atoms with van der Waals surface area (Å²) in [5, 5.41) is 0. The van der Waals surface area contributed by atoms with Crippen LogP contribution in [0.15, 0.2) is 24.5 Å². The van der Waals surface area contributed by atoms with Gasteiger partial charge in [-0.25, -0.2) is 4.79 Å². The van der Waals surface area contributed by atoms with Gasteiger partial charge in [-0.15, -0.1) is 0 Å². The fourth-order valence-corrected chi connectivity index (χ4v) is 2.28. The molecule has 22 heavy (non-hydrogen) atoms. The van der Waals surface area contributed by atoms with Gasteiger partial charge in [0.25, 0.3) is 0 Å². The van der Waals surface area contributed by atoms with Gasteiger partial charge in [0.05, 0.1) is 5.41 Å². The van der Waals surface area contributed by atoms with Crippen LogP contribution in [0.25, 0.3) is 0 Å². The van der Waals surface area contributed by atoms with Gasteiger partial charge in [-0.1, -0.05) is 0 Å². The molecule has 1 fully saturated rings. The number of alkyl halides is 3. The lowest BCUT2D eigenvalue weighted by Gasteiger charge is -2.38. The van der Waals surface area contributed by atoms with Crippen LogP contribution in [0.3, 0.4) is 0 Å². The number of hydrogen-bond acceptors (Lipinski definition) is 5. The number of carbonyl (C=O) groups excluding carboxylic acids is 2. The molecule has 0 unspecified atom stereocenters. The van der Waals surface area contributed by atoms with Crippen molar-refractivity contribution in [2.24, 2.45) is 5.41 Å². The first-order valence-electron chi connectivity index (χ1n) is 6.71. The van der Waals surface area contributed by atoms with E-state index >= 15 is 0 Å². The first-order valence-corrected chi connectivity index (χ1v) is 6.71. The molecule has 8 heteroatoms. The summed E-state index contributed by atoms with van der Waals surface area (Å²) in [6.45, 7) is 2.48. The second-order valence-electron chi connectivity index (χ2n) is 5.43. The Morgan fingerprint density at radius 2 is 1.77 bits per heavy atom. The molecule has 0 radical (unpaired) electrons. The first-order chi connectivity index (χ1) is 10.2. The van der Waals surface area contributed by atoms with Crippen molar-refractivity contribution in [2.75, 3.05) is 18.0 Å². The van der Waals surface area contributed by atoms with Gasteiger partial charge in [-0.05, 0) is 31.9 Å². The number of pyridine rings is 1. The summed E-state index contributed by atoms with van der Waals surface area (Å²) in [6.07, 6.45) is -1.28. The lowest BCUT2D eigenvalue weighted by molar-refractivity contribution is -0.205. The highest BCUT2D eigenvalue weighted by Gasteiger charge is 2.46. The number of nitrogens with zero attached hydrogens (tertiary/aromatic N) is 2. The maximum Gasteiger partial charge on any atom is 0.491 e. The number of ether oxygens (including phenoxy) is 1. The quantitative estimate of drug-likeness (QED) is 0.619. The molecule has 120 valence electrons. The summed E-state index contributed by atoms with van der Waals surface area (Å²) in [4.78, 5) is 28.5. The normalized spacial score (nSPS) is 17.9. The second-order valence-corrected chi connectivity index (χ2v) is 5.43.